The minimum Gasteiger partial charge on any atom is -0.311 e. The number of hydrogen-bond acceptors (Lipinski definition) is 2. The predicted octanol–water partition coefficient (Wildman–Crippen LogP) is 3.24. The van der Waals surface area contributed by atoms with E-state index in [0.717, 1.165) is 18.9 Å². The highest BCUT2D eigenvalue weighted by molar-refractivity contribution is 5.85. The molecule has 2 bridgehead atoms. The van der Waals surface area contributed by atoms with Gasteiger partial charge in [0, 0.05) is 36.3 Å². The summed E-state index contributed by atoms with van der Waals surface area (Å²) in [6.45, 7) is 0.313. The maximum Gasteiger partial charge on any atom is 0.161 e. The van der Waals surface area contributed by atoms with Crippen LogP contribution in [0.25, 0.3) is 0 Å². The van der Waals surface area contributed by atoms with E-state index in [-0.39, 0.29) is 18.0 Å². The van der Waals surface area contributed by atoms with E-state index in [0.29, 0.717) is 30.7 Å². The molecular formula is C15H20ClF3N2. The first-order valence-corrected chi connectivity index (χ1v) is 7.12. The summed E-state index contributed by atoms with van der Waals surface area (Å²) in [5.74, 6) is -2.79. The Morgan fingerprint density at radius 1 is 1.05 bits per heavy atom. The molecule has 0 spiro atoms. The summed E-state index contributed by atoms with van der Waals surface area (Å²) >= 11 is 0. The second-order valence-electron chi connectivity index (χ2n) is 6.04. The molecule has 0 amide bonds. The maximum absolute atomic E-state index is 13.7. The van der Waals surface area contributed by atoms with Crippen LogP contribution in [0, 0.1) is 17.5 Å². The fourth-order valence-electron chi connectivity index (χ4n) is 3.47. The molecule has 21 heavy (non-hydrogen) atoms. The van der Waals surface area contributed by atoms with Crippen LogP contribution in [0.15, 0.2) is 12.1 Å². The van der Waals surface area contributed by atoms with Gasteiger partial charge in [-0.1, -0.05) is 0 Å². The van der Waals surface area contributed by atoms with Crippen molar-refractivity contribution >= 4 is 12.4 Å². The van der Waals surface area contributed by atoms with Crippen molar-refractivity contribution in [3.63, 3.8) is 0 Å². The summed E-state index contributed by atoms with van der Waals surface area (Å²) in [6, 6.07) is 3.08. The number of nitrogens with one attached hydrogen (secondary N) is 1. The molecule has 2 atom stereocenters. The smallest absolute Gasteiger partial charge is 0.161 e. The van der Waals surface area contributed by atoms with Crippen molar-refractivity contribution in [3.05, 3.63) is 35.1 Å². The Labute approximate surface area is 129 Å². The van der Waals surface area contributed by atoms with Crippen LogP contribution in [0.2, 0.25) is 0 Å². The van der Waals surface area contributed by atoms with Crippen LogP contribution in [0.1, 0.15) is 31.2 Å². The molecule has 2 aliphatic heterocycles. The van der Waals surface area contributed by atoms with Crippen LogP contribution in [0.3, 0.4) is 0 Å². The Balaban J connectivity index is 0.00000161. The van der Waals surface area contributed by atoms with E-state index >= 15 is 0 Å². The second kappa shape index (κ2) is 6.55. The summed E-state index contributed by atoms with van der Waals surface area (Å²) in [5.41, 5.74) is 0.220. The molecule has 2 aliphatic rings. The molecule has 0 aliphatic carbocycles. The van der Waals surface area contributed by atoms with Crippen LogP contribution >= 0.6 is 12.4 Å². The quantitative estimate of drug-likeness (QED) is 0.860. The number of piperidine rings is 1. The Morgan fingerprint density at radius 3 is 2.24 bits per heavy atom. The van der Waals surface area contributed by atoms with Gasteiger partial charge in [0.05, 0.1) is 0 Å². The zero-order valence-electron chi connectivity index (χ0n) is 11.9. The summed E-state index contributed by atoms with van der Waals surface area (Å²) in [4.78, 5) is 2.06. The number of rotatable bonds is 3. The van der Waals surface area contributed by atoms with Crippen LogP contribution in [0.4, 0.5) is 13.2 Å². The molecular weight excluding hydrogens is 301 g/mol. The van der Waals surface area contributed by atoms with Gasteiger partial charge in [-0.15, -0.1) is 12.4 Å². The Morgan fingerprint density at radius 2 is 1.62 bits per heavy atom. The monoisotopic (exact) mass is 320 g/mol. The number of fused-ring (bicyclic) bond motifs is 2. The first kappa shape index (κ1) is 16.6. The van der Waals surface area contributed by atoms with E-state index in [1.54, 1.807) is 0 Å². The van der Waals surface area contributed by atoms with Gasteiger partial charge in [0.2, 0.25) is 0 Å². The molecule has 2 unspecified atom stereocenters. The molecule has 0 aromatic heterocycles. The Hall–Kier alpha value is -0.780. The van der Waals surface area contributed by atoms with E-state index in [4.69, 9.17) is 0 Å². The Bertz CT molecular complexity index is 500. The van der Waals surface area contributed by atoms with Crippen molar-refractivity contribution < 1.29 is 13.2 Å². The van der Waals surface area contributed by atoms with Gasteiger partial charge in [0.1, 0.15) is 5.82 Å². The topological polar surface area (TPSA) is 15.3 Å². The highest BCUT2D eigenvalue weighted by Crippen LogP contribution is 2.30. The molecule has 0 radical (unpaired) electrons. The average molecular weight is 321 g/mol. The Kier molecular flexibility index (Phi) is 5.17. The van der Waals surface area contributed by atoms with Crippen molar-refractivity contribution in [2.45, 2.75) is 50.4 Å². The highest BCUT2D eigenvalue weighted by atomic mass is 35.5. The third-order valence-corrected chi connectivity index (χ3v) is 4.58. The lowest BCUT2D eigenvalue weighted by Gasteiger charge is -2.35. The summed E-state index contributed by atoms with van der Waals surface area (Å²) in [7, 11) is 1.93. The lowest BCUT2D eigenvalue weighted by molar-refractivity contribution is 0.164. The molecule has 2 fully saturated rings. The normalized spacial score (nSPS) is 27.8. The lowest BCUT2D eigenvalue weighted by atomic mass is 9.98. The van der Waals surface area contributed by atoms with Gasteiger partial charge < -0.3 is 5.32 Å². The van der Waals surface area contributed by atoms with Gasteiger partial charge in [-0.25, -0.2) is 13.2 Å². The molecule has 2 nitrogen and oxygen atoms in total. The maximum atomic E-state index is 13.7. The second-order valence-corrected chi connectivity index (χ2v) is 6.04. The molecule has 0 saturated carbocycles. The van der Waals surface area contributed by atoms with E-state index in [9.17, 15) is 13.2 Å². The molecule has 2 heterocycles. The van der Waals surface area contributed by atoms with E-state index < -0.39 is 17.5 Å². The van der Waals surface area contributed by atoms with Gasteiger partial charge in [0.25, 0.3) is 0 Å². The molecule has 1 aromatic rings. The van der Waals surface area contributed by atoms with Gasteiger partial charge in [-0.3, -0.25) is 4.90 Å². The fraction of sp³-hybridized carbons (Fsp3) is 0.600. The van der Waals surface area contributed by atoms with Crippen LogP contribution in [-0.2, 0) is 6.54 Å². The van der Waals surface area contributed by atoms with Crippen LogP contribution in [0.5, 0.6) is 0 Å². The molecule has 1 aromatic carbocycles. The first-order chi connectivity index (χ1) is 9.52. The summed E-state index contributed by atoms with van der Waals surface area (Å²) < 4.78 is 39.8. The van der Waals surface area contributed by atoms with E-state index in [2.05, 4.69) is 10.2 Å². The zero-order chi connectivity index (χ0) is 14.3. The largest absolute Gasteiger partial charge is 0.311 e. The number of hydrogen-bond donors (Lipinski definition) is 1. The molecule has 6 heteroatoms. The van der Waals surface area contributed by atoms with Crippen molar-refractivity contribution in [3.8, 4) is 0 Å². The van der Waals surface area contributed by atoms with Gasteiger partial charge >= 0.3 is 0 Å². The highest BCUT2D eigenvalue weighted by Gasteiger charge is 2.35. The minimum absolute atomic E-state index is 0. The van der Waals surface area contributed by atoms with E-state index in [1.807, 2.05) is 7.05 Å². The van der Waals surface area contributed by atoms with Crippen molar-refractivity contribution in [2.75, 3.05) is 7.05 Å². The van der Waals surface area contributed by atoms with E-state index in [1.165, 1.54) is 12.8 Å². The first-order valence-electron chi connectivity index (χ1n) is 7.12. The number of nitrogens with zero attached hydrogens (tertiary/aromatic N) is 1. The van der Waals surface area contributed by atoms with Gasteiger partial charge in [-0.2, -0.15) is 0 Å². The third-order valence-electron chi connectivity index (χ3n) is 4.58. The number of benzene rings is 1. The summed E-state index contributed by atoms with van der Waals surface area (Å²) in [5, 5.41) is 3.56. The number of halogens is 4. The van der Waals surface area contributed by atoms with Crippen LogP contribution in [-0.4, -0.2) is 30.1 Å². The van der Waals surface area contributed by atoms with Gasteiger partial charge in [0.15, 0.2) is 11.6 Å². The molecule has 118 valence electrons. The third kappa shape index (κ3) is 3.52. The minimum atomic E-state index is -1.13. The average Bonchev–Trinajstić information content (AvgIpc) is 2.74. The van der Waals surface area contributed by atoms with Crippen LogP contribution < -0.4 is 5.32 Å². The SMILES string of the molecule is CN(Cc1cc(F)c(F)cc1F)C1CC2CCC(C1)N2.Cl. The van der Waals surface area contributed by atoms with Crippen molar-refractivity contribution in [1.29, 1.82) is 0 Å². The standard InChI is InChI=1S/C15H19F3N2.ClH/c1-20(12-5-10-2-3-11(6-12)19-10)8-9-4-14(17)15(18)7-13(9)16;/h4,7,10-12,19H,2-3,5-6,8H2,1H3;1H. The fourth-order valence-corrected chi connectivity index (χ4v) is 3.47. The van der Waals surface area contributed by atoms with Crippen molar-refractivity contribution in [1.82, 2.24) is 10.2 Å². The predicted molar refractivity (Wildman–Crippen MR) is 78.0 cm³/mol. The lowest BCUT2D eigenvalue weighted by Crippen LogP contribution is -2.46. The zero-order valence-corrected chi connectivity index (χ0v) is 12.7. The van der Waals surface area contributed by atoms with Gasteiger partial charge in [-0.05, 0) is 38.8 Å². The van der Waals surface area contributed by atoms with Crippen molar-refractivity contribution in [2.24, 2.45) is 0 Å². The molecule has 1 N–H and O–H groups in total. The molecule has 3 rings (SSSR count). The summed E-state index contributed by atoms with van der Waals surface area (Å²) in [6.07, 6.45) is 4.49. The molecule has 2 saturated heterocycles.